The van der Waals surface area contributed by atoms with E-state index in [0.29, 0.717) is 30.8 Å². The Morgan fingerprint density at radius 3 is 2.21 bits per heavy atom. The second kappa shape index (κ2) is 14.7. The summed E-state index contributed by atoms with van der Waals surface area (Å²) in [7, 11) is 2.07. The Hall–Kier alpha value is -4.37. The van der Waals surface area contributed by atoms with E-state index in [-0.39, 0.29) is 12.0 Å². The molecule has 0 bridgehead atoms. The zero-order valence-electron chi connectivity index (χ0n) is 25.4. The van der Waals surface area contributed by atoms with Crippen molar-refractivity contribution in [2.24, 2.45) is 0 Å². The lowest BCUT2D eigenvalue weighted by molar-refractivity contribution is -0.121. The van der Waals surface area contributed by atoms with Gasteiger partial charge in [0.05, 0.1) is 5.69 Å². The van der Waals surface area contributed by atoms with Crippen LogP contribution in [0.2, 0.25) is 0 Å². The Labute approximate surface area is 253 Å². The van der Waals surface area contributed by atoms with E-state index in [1.54, 1.807) is 12.1 Å². The van der Waals surface area contributed by atoms with Crippen molar-refractivity contribution in [3.63, 3.8) is 0 Å². The van der Waals surface area contributed by atoms with Gasteiger partial charge in [-0.1, -0.05) is 54.6 Å². The highest BCUT2D eigenvalue weighted by Gasteiger charge is 2.21. The fourth-order valence-electron chi connectivity index (χ4n) is 4.79. The number of likely N-dealkylation sites (tertiary alicyclic amines) is 1. The number of hydrogen-bond acceptors (Lipinski definition) is 6. The summed E-state index contributed by atoms with van der Waals surface area (Å²) in [5, 5.41) is 8.61. The molecule has 4 rings (SSSR count). The van der Waals surface area contributed by atoms with Crippen molar-refractivity contribution in [3.05, 3.63) is 83.9 Å². The second-order valence-corrected chi connectivity index (χ2v) is 11.9. The molecule has 1 saturated heterocycles. The first-order chi connectivity index (χ1) is 20.5. The van der Waals surface area contributed by atoms with Gasteiger partial charge >= 0.3 is 12.2 Å². The van der Waals surface area contributed by atoms with E-state index in [4.69, 9.17) is 9.47 Å². The number of anilines is 2. The molecule has 0 aliphatic carbocycles. The number of carbonyl (C=O) groups is 3. The van der Waals surface area contributed by atoms with E-state index in [0.717, 1.165) is 48.2 Å². The van der Waals surface area contributed by atoms with Gasteiger partial charge in [-0.15, -0.1) is 0 Å². The van der Waals surface area contributed by atoms with Gasteiger partial charge in [0.25, 0.3) is 0 Å². The third kappa shape index (κ3) is 10.4. The van der Waals surface area contributed by atoms with Crippen molar-refractivity contribution < 1.29 is 23.9 Å². The van der Waals surface area contributed by atoms with Crippen molar-refractivity contribution in [2.45, 2.75) is 64.7 Å². The molecule has 1 aliphatic heterocycles. The van der Waals surface area contributed by atoms with Gasteiger partial charge in [0.1, 0.15) is 11.7 Å². The minimum absolute atomic E-state index is 0.0840. The maximum atomic E-state index is 12.8. The highest BCUT2D eigenvalue weighted by atomic mass is 16.6. The number of hydrogen-bond donors (Lipinski definition) is 3. The second-order valence-electron chi connectivity index (χ2n) is 11.9. The number of carbonyl (C=O) groups excluding carboxylic acids is 3. The van der Waals surface area contributed by atoms with Gasteiger partial charge in [-0.3, -0.25) is 15.4 Å². The zero-order valence-corrected chi connectivity index (χ0v) is 25.4. The Morgan fingerprint density at radius 1 is 0.860 bits per heavy atom. The van der Waals surface area contributed by atoms with Gasteiger partial charge in [0.15, 0.2) is 0 Å². The van der Waals surface area contributed by atoms with Gasteiger partial charge in [0.2, 0.25) is 5.91 Å². The topological polar surface area (TPSA) is 109 Å². The number of nitrogens with one attached hydrogen (secondary N) is 3. The Balaban J connectivity index is 1.31. The van der Waals surface area contributed by atoms with E-state index >= 15 is 0 Å². The summed E-state index contributed by atoms with van der Waals surface area (Å²) >= 11 is 0. The van der Waals surface area contributed by atoms with Crippen LogP contribution in [-0.4, -0.2) is 54.8 Å². The number of nitrogens with zero attached hydrogens (tertiary/aromatic N) is 1. The summed E-state index contributed by atoms with van der Waals surface area (Å²) in [4.78, 5) is 39.7. The highest BCUT2D eigenvalue weighted by molar-refractivity contribution is 5.92. The fourth-order valence-corrected chi connectivity index (χ4v) is 4.79. The quantitative estimate of drug-likeness (QED) is 0.261. The molecule has 1 aliphatic rings. The van der Waals surface area contributed by atoms with E-state index in [1.165, 1.54) is 0 Å². The summed E-state index contributed by atoms with van der Waals surface area (Å²) in [6.07, 6.45) is 1.36. The van der Waals surface area contributed by atoms with E-state index in [9.17, 15) is 14.4 Å². The molecule has 228 valence electrons. The van der Waals surface area contributed by atoms with Crippen molar-refractivity contribution in [2.75, 3.05) is 30.8 Å². The lowest BCUT2D eigenvalue weighted by atomic mass is 9.99. The molecule has 1 heterocycles. The molecule has 3 aromatic rings. The predicted molar refractivity (Wildman–Crippen MR) is 169 cm³/mol. The Kier molecular flexibility index (Phi) is 10.8. The predicted octanol–water partition coefficient (Wildman–Crippen LogP) is 6.59. The fraction of sp³-hybridized carbons (Fsp3) is 0.382. The normalized spacial score (nSPS) is 14.0. The summed E-state index contributed by atoms with van der Waals surface area (Å²) in [6, 6.07) is 23.0. The number of amides is 3. The van der Waals surface area contributed by atoms with E-state index in [1.807, 2.05) is 81.4 Å². The van der Waals surface area contributed by atoms with E-state index < -0.39 is 17.8 Å². The Bertz CT molecular complexity index is 1380. The molecule has 0 radical (unpaired) electrons. The number of aryl methyl sites for hydroxylation is 1. The molecule has 0 saturated carbocycles. The van der Waals surface area contributed by atoms with Crippen LogP contribution < -0.4 is 16.0 Å². The number of rotatable bonds is 9. The largest absolute Gasteiger partial charge is 0.446 e. The van der Waals surface area contributed by atoms with Crippen LogP contribution in [0.1, 0.15) is 51.2 Å². The van der Waals surface area contributed by atoms with Crippen LogP contribution in [0.25, 0.3) is 11.1 Å². The smallest absolute Gasteiger partial charge is 0.412 e. The zero-order chi connectivity index (χ0) is 30.8. The first kappa shape index (κ1) is 31.6. The van der Waals surface area contributed by atoms with Crippen LogP contribution in [0.5, 0.6) is 0 Å². The molecule has 9 heteroatoms. The van der Waals surface area contributed by atoms with Crippen LogP contribution in [0.15, 0.2) is 72.8 Å². The first-order valence-electron chi connectivity index (χ1n) is 14.7. The van der Waals surface area contributed by atoms with Gasteiger partial charge in [-0.2, -0.15) is 0 Å². The molecule has 0 aromatic heterocycles. The lowest BCUT2D eigenvalue weighted by Gasteiger charge is -2.28. The van der Waals surface area contributed by atoms with Gasteiger partial charge in [-0.25, -0.2) is 9.59 Å². The van der Waals surface area contributed by atoms with Crippen molar-refractivity contribution in [1.29, 1.82) is 0 Å². The standard InChI is InChI=1S/C34H42N4O5/c1-34(2,3)43-33(41)36-27-14-10-25(11-15-27)23-35-31(39)17-13-24-12-16-29(26-8-6-5-7-9-26)30(22-24)37-32(40)42-28-18-20-38(4)21-19-28/h5-12,14-16,22,28H,13,17-21,23H2,1-4H3,(H,35,39)(H,36,41)(H,37,40). The SMILES string of the molecule is CN1CCC(OC(=O)Nc2cc(CCC(=O)NCc3ccc(NC(=O)OC(C)(C)C)cc3)ccc2-c2ccccc2)CC1. The molecule has 0 atom stereocenters. The molecular formula is C34H42N4O5. The Morgan fingerprint density at radius 2 is 1.53 bits per heavy atom. The molecular weight excluding hydrogens is 544 g/mol. The molecule has 3 aromatic carbocycles. The minimum atomic E-state index is -0.575. The third-order valence-electron chi connectivity index (χ3n) is 7.07. The molecule has 43 heavy (non-hydrogen) atoms. The van der Waals surface area contributed by atoms with Crippen LogP contribution in [0.4, 0.5) is 21.0 Å². The number of benzene rings is 3. The van der Waals surface area contributed by atoms with Crippen LogP contribution in [0.3, 0.4) is 0 Å². The first-order valence-corrected chi connectivity index (χ1v) is 14.7. The molecule has 3 amide bonds. The maximum absolute atomic E-state index is 12.8. The van der Waals surface area contributed by atoms with Crippen molar-refractivity contribution in [1.82, 2.24) is 10.2 Å². The van der Waals surface area contributed by atoms with Crippen LogP contribution >= 0.6 is 0 Å². The molecule has 0 spiro atoms. The third-order valence-corrected chi connectivity index (χ3v) is 7.07. The average Bonchev–Trinajstić information content (AvgIpc) is 2.96. The summed E-state index contributed by atoms with van der Waals surface area (Å²) in [6.45, 7) is 7.60. The number of ether oxygens (including phenoxy) is 2. The van der Waals surface area contributed by atoms with Gasteiger partial charge in [0, 0.05) is 37.3 Å². The van der Waals surface area contributed by atoms with Crippen LogP contribution in [-0.2, 0) is 27.2 Å². The van der Waals surface area contributed by atoms with Crippen LogP contribution in [0, 0.1) is 0 Å². The number of piperidine rings is 1. The summed E-state index contributed by atoms with van der Waals surface area (Å²) in [5.41, 5.74) is 4.40. The van der Waals surface area contributed by atoms with Crippen molar-refractivity contribution >= 4 is 29.5 Å². The van der Waals surface area contributed by atoms with Gasteiger partial charge < -0.3 is 19.7 Å². The van der Waals surface area contributed by atoms with E-state index in [2.05, 4.69) is 27.9 Å². The molecule has 0 unspecified atom stereocenters. The average molecular weight is 587 g/mol. The summed E-state index contributed by atoms with van der Waals surface area (Å²) < 4.78 is 11.0. The lowest BCUT2D eigenvalue weighted by Crippen LogP contribution is -2.36. The molecule has 1 fully saturated rings. The molecule has 3 N–H and O–H groups in total. The maximum Gasteiger partial charge on any atom is 0.412 e. The summed E-state index contributed by atoms with van der Waals surface area (Å²) in [5.74, 6) is -0.0840. The van der Waals surface area contributed by atoms with Gasteiger partial charge in [-0.05, 0) is 82.0 Å². The minimum Gasteiger partial charge on any atom is -0.446 e. The van der Waals surface area contributed by atoms with Crippen molar-refractivity contribution in [3.8, 4) is 11.1 Å². The monoisotopic (exact) mass is 586 g/mol. The molecule has 9 nitrogen and oxygen atoms in total. The highest BCUT2D eigenvalue weighted by Crippen LogP contribution is 2.30.